The lowest BCUT2D eigenvalue weighted by molar-refractivity contribution is -0.131. The number of hydrogen-bond acceptors (Lipinski definition) is 5. The van der Waals surface area contributed by atoms with Gasteiger partial charge >= 0.3 is 0 Å². The molecule has 4 rings (SSSR count). The molecule has 1 aromatic rings. The van der Waals surface area contributed by atoms with Crippen molar-refractivity contribution in [2.75, 3.05) is 44.7 Å². The highest BCUT2D eigenvalue weighted by Crippen LogP contribution is 2.52. The van der Waals surface area contributed by atoms with Gasteiger partial charge in [-0.3, -0.25) is 9.59 Å². The molecular formula is C23H31N3O4. The van der Waals surface area contributed by atoms with Crippen molar-refractivity contribution in [3.05, 3.63) is 36.4 Å². The topological polar surface area (TPSA) is 71.1 Å². The predicted octanol–water partition coefficient (Wildman–Crippen LogP) is 1.83. The van der Waals surface area contributed by atoms with Crippen LogP contribution in [0.4, 0.5) is 5.69 Å². The van der Waals surface area contributed by atoms with Crippen molar-refractivity contribution in [2.24, 2.45) is 11.8 Å². The van der Waals surface area contributed by atoms with Crippen LogP contribution in [0.1, 0.15) is 20.3 Å². The molecule has 1 spiro atoms. The van der Waals surface area contributed by atoms with Gasteiger partial charge in [0.2, 0.25) is 11.8 Å². The fraction of sp³-hybridized carbons (Fsp3) is 0.565. The highest BCUT2D eigenvalue weighted by Gasteiger charge is 2.67. The zero-order chi connectivity index (χ0) is 21.3. The van der Waals surface area contributed by atoms with Gasteiger partial charge in [0.25, 0.3) is 0 Å². The molecule has 3 aliphatic rings. The van der Waals surface area contributed by atoms with Crippen LogP contribution in [0.2, 0.25) is 0 Å². The number of amides is 2. The van der Waals surface area contributed by atoms with Crippen molar-refractivity contribution in [1.82, 2.24) is 10.2 Å². The molecule has 2 fully saturated rings. The largest absolute Gasteiger partial charge is 0.497 e. The van der Waals surface area contributed by atoms with Crippen LogP contribution >= 0.6 is 0 Å². The Hall–Kier alpha value is -2.38. The molecule has 7 nitrogen and oxygen atoms in total. The molecule has 30 heavy (non-hydrogen) atoms. The molecule has 162 valence electrons. The second-order valence-corrected chi connectivity index (χ2v) is 8.19. The van der Waals surface area contributed by atoms with E-state index in [9.17, 15) is 9.59 Å². The van der Waals surface area contributed by atoms with Crippen molar-refractivity contribution in [3.63, 3.8) is 0 Å². The summed E-state index contributed by atoms with van der Waals surface area (Å²) in [5.74, 6) is -0.338. The van der Waals surface area contributed by atoms with E-state index in [1.165, 1.54) is 0 Å². The van der Waals surface area contributed by atoms with E-state index in [1.54, 1.807) is 12.0 Å². The maximum absolute atomic E-state index is 13.3. The number of anilines is 1. The molecular weight excluding hydrogens is 382 g/mol. The Morgan fingerprint density at radius 2 is 2.03 bits per heavy atom. The van der Waals surface area contributed by atoms with Gasteiger partial charge in [-0.2, -0.15) is 0 Å². The van der Waals surface area contributed by atoms with Crippen LogP contribution in [-0.4, -0.2) is 68.3 Å². The Bertz CT molecular complexity index is 820. The van der Waals surface area contributed by atoms with Gasteiger partial charge in [0, 0.05) is 12.2 Å². The Balaban J connectivity index is 1.43. The SMILES string of the molecule is CCN(CC)CCCNC(=O)C1[C@H]2C=C[C@]3(CN(c4ccc(OC)cc4)C(=O)[C@@H]13)O2. The van der Waals surface area contributed by atoms with Gasteiger partial charge in [-0.25, -0.2) is 0 Å². The highest BCUT2D eigenvalue weighted by atomic mass is 16.5. The van der Waals surface area contributed by atoms with Gasteiger partial charge in [0.15, 0.2) is 0 Å². The first kappa shape index (κ1) is 20.9. The molecule has 1 N–H and O–H groups in total. The summed E-state index contributed by atoms with van der Waals surface area (Å²) in [5.41, 5.74) is 0.0914. The summed E-state index contributed by atoms with van der Waals surface area (Å²) in [7, 11) is 1.61. The van der Waals surface area contributed by atoms with Crippen LogP contribution in [0.25, 0.3) is 0 Å². The number of hydrogen-bond donors (Lipinski definition) is 1. The van der Waals surface area contributed by atoms with Crippen LogP contribution in [-0.2, 0) is 14.3 Å². The summed E-state index contributed by atoms with van der Waals surface area (Å²) in [5, 5.41) is 3.05. The van der Waals surface area contributed by atoms with Gasteiger partial charge in [-0.15, -0.1) is 0 Å². The number of fused-ring (bicyclic) bond motifs is 1. The van der Waals surface area contributed by atoms with Crippen LogP contribution in [0.5, 0.6) is 5.75 Å². The third kappa shape index (κ3) is 3.50. The van der Waals surface area contributed by atoms with Crippen LogP contribution in [0.3, 0.4) is 0 Å². The third-order valence-corrected chi connectivity index (χ3v) is 6.63. The third-order valence-electron chi connectivity index (χ3n) is 6.63. The van der Waals surface area contributed by atoms with Gasteiger partial charge in [-0.05, 0) is 50.3 Å². The van der Waals surface area contributed by atoms with Crippen molar-refractivity contribution >= 4 is 17.5 Å². The van der Waals surface area contributed by atoms with Gasteiger partial charge in [-0.1, -0.05) is 26.0 Å². The molecule has 3 heterocycles. The maximum atomic E-state index is 13.3. The van der Waals surface area contributed by atoms with Crippen molar-refractivity contribution in [1.29, 1.82) is 0 Å². The first-order chi connectivity index (χ1) is 14.5. The van der Waals surface area contributed by atoms with Crippen molar-refractivity contribution < 1.29 is 19.1 Å². The van der Waals surface area contributed by atoms with Gasteiger partial charge in [0.1, 0.15) is 11.4 Å². The highest BCUT2D eigenvalue weighted by molar-refractivity contribution is 6.03. The Morgan fingerprint density at radius 3 is 2.70 bits per heavy atom. The number of methoxy groups -OCH3 is 1. The van der Waals surface area contributed by atoms with E-state index >= 15 is 0 Å². The summed E-state index contributed by atoms with van der Waals surface area (Å²) >= 11 is 0. The standard InChI is InChI=1S/C23H31N3O4/c1-4-25(5-2)14-6-13-24-21(27)19-18-11-12-23(30-18)15-26(22(28)20(19)23)16-7-9-17(29-3)10-8-16/h7-12,18-20H,4-6,13-15H2,1-3H3,(H,24,27)/t18-,19?,20-,23-/m1/s1. The van der Waals surface area contributed by atoms with Gasteiger partial charge in [0.05, 0.1) is 31.6 Å². The second kappa shape index (κ2) is 8.40. The molecule has 0 aromatic heterocycles. The zero-order valence-electron chi connectivity index (χ0n) is 18.0. The van der Waals surface area contributed by atoms with Crippen LogP contribution in [0, 0.1) is 11.8 Å². The Kier molecular flexibility index (Phi) is 5.84. The minimum Gasteiger partial charge on any atom is -0.497 e. The van der Waals surface area contributed by atoms with E-state index < -0.39 is 17.4 Å². The fourth-order valence-corrected chi connectivity index (χ4v) is 4.95. The maximum Gasteiger partial charge on any atom is 0.234 e. The minimum atomic E-state index is -0.703. The molecule has 0 radical (unpaired) electrons. The van der Waals surface area contributed by atoms with Crippen LogP contribution < -0.4 is 15.0 Å². The number of nitrogens with zero attached hydrogens (tertiary/aromatic N) is 2. The predicted molar refractivity (Wildman–Crippen MR) is 114 cm³/mol. The molecule has 4 atom stereocenters. The summed E-state index contributed by atoms with van der Waals surface area (Å²) in [6, 6.07) is 7.41. The number of carbonyl (C=O) groups is 2. The lowest BCUT2D eigenvalue weighted by Gasteiger charge is -2.24. The van der Waals surface area contributed by atoms with Gasteiger partial charge < -0.3 is 24.6 Å². The minimum absolute atomic E-state index is 0.0460. The lowest BCUT2D eigenvalue weighted by Crippen LogP contribution is -2.44. The average molecular weight is 414 g/mol. The molecule has 7 heteroatoms. The quantitative estimate of drug-likeness (QED) is 0.494. The summed E-state index contributed by atoms with van der Waals surface area (Å²) < 4.78 is 11.4. The van der Waals surface area contributed by atoms with E-state index in [0.29, 0.717) is 13.1 Å². The molecule has 1 aromatic carbocycles. The summed E-state index contributed by atoms with van der Waals surface area (Å²) in [6.45, 7) is 8.29. The van der Waals surface area contributed by atoms with Crippen molar-refractivity contribution in [2.45, 2.75) is 32.0 Å². The number of carbonyl (C=O) groups excluding carboxylic acids is 2. The number of ether oxygens (including phenoxy) is 2. The van der Waals surface area contributed by atoms with E-state index in [-0.39, 0.29) is 17.9 Å². The first-order valence-corrected chi connectivity index (χ1v) is 10.9. The van der Waals surface area contributed by atoms with E-state index in [0.717, 1.165) is 37.5 Å². The number of benzene rings is 1. The van der Waals surface area contributed by atoms with E-state index in [4.69, 9.17) is 9.47 Å². The average Bonchev–Trinajstić information content (AvgIpc) is 3.42. The second-order valence-electron chi connectivity index (χ2n) is 8.19. The monoisotopic (exact) mass is 413 g/mol. The zero-order valence-corrected chi connectivity index (χ0v) is 18.0. The molecule has 3 aliphatic heterocycles. The first-order valence-electron chi connectivity index (χ1n) is 10.9. The number of rotatable bonds is 9. The smallest absolute Gasteiger partial charge is 0.234 e. The molecule has 0 aliphatic carbocycles. The Labute approximate surface area is 178 Å². The fourth-order valence-electron chi connectivity index (χ4n) is 4.95. The molecule has 2 bridgehead atoms. The van der Waals surface area contributed by atoms with Crippen molar-refractivity contribution in [3.8, 4) is 5.75 Å². The van der Waals surface area contributed by atoms with E-state index in [2.05, 4.69) is 24.1 Å². The lowest BCUT2D eigenvalue weighted by atomic mass is 9.77. The molecule has 2 amide bonds. The molecule has 2 saturated heterocycles. The Morgan fingerprint density at radius 1 is 1.30 bits per heavy atom. The van der Waals surface area contributed by atoms with Crippen LogP contribution in [0.15, 0.2) is 36.4 Å². The molecule has 0 saturated carbocycles. The normalized spacial score (nSPS) is 29.0. The summed E-state index contributed by atoms with van der Waals surface area (Å²) in [4.78, 5) is 30.4. The number of nitrogens with one attached hydrogen (secondary N) is 1. The van der Waals surface area contributed by atoms with E-state index in [1.807, 2.05) is 36.4 Å². The summed E-state index contributed by atoms with van der Waals surface area (Å²) in [6.07, 6.45) is 4.50. The molecule has 1 unspecified atom stereocenters.